The maximum absolute atomic E-state index is 10.5. The summed E-state index contributed by atoms with van der Waals surface area (Å²) < 4.78 is 0. The van der Waals surface area contributed by atoms with E-state index in [4.69, 9.17) is 10.8 Å². The van der Waals surface area contributed by atoms with Crippen molar-refractivity contribution >= 4 is 27.7 Å². The number of alkyl halides is 1. The molecule has 1 unspecified atom stereocenters. The van der Waals surface area contributed by atoms with Crippen LogP contribution in [0.2, 0.25) is 0 Å². The third-order valence-electron chi connectivity index (χ3n) is 0.903. The summed E-state index contributed by atoms with van der Waals surface area (Å²) in [6.45, 7) is -0.102. The number of nitrogens with two attached hydrogens (primary N) is 1. The first-order chi connectivity index (χ1) is 4.57. The molecule has 0 heterocycles. The fourth-order valence-corrected chi connectivity index (χ4v) is 0.732. The molecule has 0 fully saturated rings. The molecule has 0 radical (unpaired) electrons. The van der Waals surface area contributed by atoms with Gasteiger partial charge in [-0.3, -0.25) is 9.59 Å². The van der Waals surface area contributed by atoms with Gasteiger partial charge in [0.05, 0.1) is 6.54 Å². The Hall–Kier alpha value is -0.420. The van der Waals surface area contributed by atoms with Gasteiger partial charge in [-0.15, -0.1) is 0 Å². The molecular weight excluding hydrogens is 202 g/mol. The van der Waals surface area contributed by atoms with E-state index in [9.17, 15) is 9.59 Å². The molecule has 58 valence electrons. The first kappa shape index (κ1) is 9.58. The van der Waals surface area contributed by atoms with E-state index >= 15 is 0 Å². The summed E-state index contributed by atoms with van der Waals surface area (Å²) in [5, 5.41) is 8.29. The van der Waals surface area contributed by atoms with E-state index in [0.717, 1.165) is 0 Å². The smallest absolute Gasteiger partial charge is 0.317 e. The molecule has 0 aliphatic carbocycles. The van der Waals surface area contributed by atoms with Gasteiger partial charge in [0.15, 0.2) is 0 Å². The maximum Gasteiger partial charge on any atom is 0.317 e. The van der Waals surface area contributed by atoms with Crippen molar-refractivity contribution in [3.05, 3.63) is 0 Å². The molecule has 5 heteroatoms. The third kappa shape index (κ3) is 3.58. The highest BCUT2D eigenvalue weighted by Gasteiger charge is 2.15. The standard InChI is InChI=1S/C5H8BrNO3/c6-4(5(9)10)1-3(8)2-7/h4H,1-2,7H2,(H,9,10). The number of rotatable bonds is 4. The topological polar surface area (TPSA) is 80.4 Å². The molecule has 4 nitrogen and oxygen atoms in total. The van der Waals surface area contributed by atoms with Crippen LogP contribution in [0.5, 0.6) is 0 Å². The van der Waals surface area contributed by atoms with Crippen molar-refractivity contribution in [2.75, 3.05) is 6.54 Å². The van der Waals surface area contributed by atoms with Crippen LogP contribution in [0, 0.1) is 0 Å². The fourth-order valence-electron chi connectivity index (χ4n) is 0.371. The van der Waals surface area contributed by atoms with Crippen LogP contribution in [0.4, 0.5) is 0 Å². The Morgan fingerprint density at radius 2 is 2.10 bits per heavy atom. The SMILES string of the molecule is NCC(=O)CC(Br)C(=O)O. The van der Waals surface area contributed by atoms with Crippen molar-refractivity contribution in [1.82, 2.24) is 0 Å². The monoisotopic (exact) mass is 209 g/mol. The van der Waals surface area contributed by atoms with E-state index in [-0.39, 0.29) is 18.7 Å². The van der Waals surface area contributed by atoms with Crippen LogP contribution >= 0.6 is 15.9 Å². The number of hydrogen-bond donors (Lipinski definition) is 2. The lowest BCUT2D eigenvalue weighted by atomic mass is 10.2. The number of carboxylic acids is 1. The molecule has 0 aliphatic heterocycles. The molecule has 0 aromatic rings. The Balaban J connectivity index is 3.68. The minimum Gasteiger partial charge on any atom is -0.480 e. The molecule has 0 aromatic heterocycles. The quantitative estimate of drug-likeness (QED) is 0.627. The predicted octanol–water partition coefficient (Wildman–Crippen LogP) is -0.248. The first-order valence-corrected chi connectivity index (χ1v) is 3.58. The number of hydrogen-bond acceptors (Lipinski definition) is 3. The number of carboxylic acid groups (broad SMARTS) is 1. The van der Waals surface area contributed by atoms with Crippen molar-refractivity contribution in [3.63, 3.8) is 0 Å². The minimum atomic E-state index is -1.04. The van der Waals surface area contributed by atoms with Crippen molar-refractivity contribution in [1.29, 1.82) is 0 Å². The Kier molecular flexibility index (Phi) is 4.22. The Morgan fingerprint density at radius 3 is 2.40 bits per heavy atom. The van der Waals surface area contributed by atoms with Crippen LogP contribution in [0.15, 0.2) is 0 Å². The number of Topliss-reactive ketones (excluding diaryl/α,β-unsaturated/α-hetero) is 1. The van der Waals surface area contributed by atoms with Crippen LogP contribution in [0.1, 0.15) is 6.42 Å². The van der Waals surface area contributed by atoms with E-state index in [1.165, 1.54) is 0 Å². The van der Waals surface area contributed by atoms with Gasteiger partial charge in [-0.2, -0.15) is 0 Å². The van der Waals surface area contributed by atoms with Gasteiger partial charge >= 0.3 is 5.97 Å². The highest BCUT2D eigenvalue weighted by Crippen LogP contribution is 2.04. The third-order valence-corrected chi connectivity index (χ3v) is 1.62. The van der Waals surface area contributed by atoms with Crippen LogP contribution < -0.4 is 5.73 Å². The van der Waals surface area contributed by atoms with Gasteiger partial charge in [-0.1, -0.05) is 15.9 Å². The van der Waals surface area contributed by atoms with E-state index < -0.39 is 10.8 Å². The van der Waals surface area contributed by atoms with E-state index in [1.54, 1.807) is 0 Å². The Morgan fingerprint density at radius 1 is 1.60 bits per heavy atom. The zero-order valence-electron chi connectivity index (χ0n) is 5.21. The average molecular weight is 210 g/mol. The second-order valence-corrected chi connectivity index (χ2v) is 2.86. The summed E-state index contributed by atoms with van der Waals surface area (Å²) in [7, 11) is 0. The highest BCUT2D eigenvalue weighted by atomic mass is 79.9. The van der Waals surface area contributed by atoms with Crippen molar-refractivity contribution in [2.45, 2.75) is 11.2 Å². The van der Waals surface area contributed by atoms with E-state index in [0.29, 0.717) is 0 Å². The van der Waals surface area contributed by atoms with Crippen LogP contribution in [-0.2, 0) is 9.59 Å². The molecule has 0 saturated heterocycles. The summed E-state index contributed by atoms with van der Waals surface area (Å²) in [4.78, 5) is 19.8. The number of halogens is 1. The molecule has 0 aliphatic rings. The van der Waals surface area contributed by atoms with Gasteiger partial charge in [0.1, 0.15) is 10.6 Å². The van der Waals surface area contributed by atoms with Crippen LogP contribution in [0.25, 0.3) is 0 Å². The van der Waals surface area contributed by atoms with Gasteiger partial charge in [-0.05, 0) is 0 Å². The largest absolute Gasteiger partial charge is 0.480 e. The first-order valence-electron chi connectivity index (χ1n) is 2.66. The number of ketones is 1. The zero-order chi connectivity index (χ0) is 8.15. The fraction of sp³-hybridized carbons (Fsp3) is 0.600. The Bertz CT molecular complexity index is 148. The number of aliphatic carboxylic acids is 1. The van der Waals surface area contributed by atoms with Crippen LogP contribution in [-0.4, -0.2) is 28.2 Å². The lowest BCUT2D eigenvalue weighted by molar-refractivity contribution is -0.137. The normalized spacial score (nSPS) is 12.6. The summed E-state index contributed by atoms with van der Waals surface area (Å²) in [6.07, 6.45) is -0.0498. The lowest BCUT2D eigenvalue weighted by Crippen LogP contribution is -2.22. The molecule has 10 heavy (non-hydrogen) atoms. The van der Waals surface area contributed by atoms with Gasteiger partial charge in [0, 0.05) is 6.42 Å². The average Bonchev–Trinajstić information content (AvgIpc) is 1.87. The minimum absolute atomic E-state index is 0.0498. The lowest BCUT2D eigenvalue weighted by Gasteiger charge is -1.99. The summed E-state index contributed by atoms with van der Waals surface area (Å²) in [5.41, 5.74) is 4.96. The van der Waals surface area contributed by atoms with Gasteiger partial charge in [0.2, 0.25) is 0 Å². The molecule has 0 aromatic carbocycles. The van der Waals surface area contributed by atoms with Gasteiger partial charge in [0.25, 0.3) is 0 Å². The van der Waals surface area contributed by atoms with Crippen LogP contribution in [0.3, 0.4) is 0 Å². The summed E-state index contributed by atoms with van der Waals surface area (Å²) in [6, 6.07) is 0. The molecule has 0 bridgehead atoms. The second kappa shape index (κ2) is 4.40. The number of carbonyl (C=O) groups is 2. The Labute approximate surface area is 66.5 Å². The maximum atomic E-state index is 10.5. The molecule has 0 amide bonds. The van der Waals surface area contributed by atoms with Gasteiger partial charge in [-0.25, -0.2) is 0 Å². The number of carbonyl (C=O) groups excluding carboxylic acids is 1. The van der Waals surface area contributed by atoms with Crippen molar-refractivity contribution in [2.24, 2.45) is 5.73 Å². The van der Waals surface area contributed by atoms with Crippen molar-refractivity contribution in [3.8, 4) is 0 Å². The predicted molar refractivity (Wildman–Crippen MR) is 39.0 cm³/mol. The van der Waals surface area contributed by atoms with E-state index in [1.807, 2.05) is 0 Å². The molecule has 0 rings (SSSR count). The second-order valence-electron chi connectivity index (χ2n) is 1.75. The molecule has 1 atom stereocenters. The highest BCUT2D eigenvalue weighted by molar-refractivity contribution is 9.10. The van der Waals surface area contributed by atoms with Gasteiger partial charge < -0.3 is 10.8 Å². The molecule has 0 spiro atoms. The zero-order valence-corrected chi connectivity index (χ0v) is 6.80. The van der Waals surface area contributed by atoms with Crippen molar-refractivity contribution < 1.29 is 14.7 Å². The summed E-state index contributed by atoms with van der Waals surface area (Å²) >= 11 is 2.81. The molecular formula is C5H8BrNO3. The summed E-state index contributed by atoms with van der Waals surface area (Å²) in [5.74, 6) is -1.30. The van der Waals surface area contributed by atoms with E-state index in [2.05, 4.69) is 15.9 Å². The molecule has 3 N–H and O–H groups in total. The molecule has 0 saturated carbocycles.